The molecule has 1 aromatic heterocycles. The summed E-state index contributed by atoms with van der Waals surface area (Å²) in [6, 6.07) is 10.5. The van der Waals surface area contributed by atoms with Crippen molar-refractivity contribution >= 4 is 29.9 Å². The van der Waals surface area contributed by atoms with Crippen LogP contribution in [0.25, 0.3) is 11.3 Å². The minimum atomic E-state index is 0. The van der Waals surface area contributed by atoms with Crippen molar-refractivity contribution in [2.24, 2.45) is 10.9 Å². The number of benzene rings is 1. The lowest BCUT2D eigenvalue weighted by Gasteiger charge is -2.10. The van der Waals surface area contributed by atoms with Gasteiger partial charge in [0.2, 0.25) is 0 Å². The van der Waals surface area contributed by atoms with E-state index in [2.05, 4.69) is 27.5 Å². The van der Waals surface area contributed by atoms with Gasteiger partial charge in [-0.05, 0) is 12.3 Å². The minimum Gasteiger partial charge on any atom is -0.443 e. The first-order chi connectivity index (χ1) is 10.3. The van der Waals surface area contributed by atoms with Crippen molar-refractivity contribution in [3.05, 3.63) is 42.4 Å². The summed E-state index contributed by atoms with van der Waals surface area (Å²) in [6.45, 7) is 2.82. The lowest BCUT2D eigenvalue weighted by atomic mass is 10.1. The topological polar surface area (TPSA) is 62.5 Å². The minimum absolute atomic E-state index is 0. The van der Waals surface area contributed by atoms with Crippen LogP contribution in [0.2, 0.25) is 0 Å². The van der Waals surface area contributed by atoms with E-state index in [9.17, 15) is 0 Å². The maximum Gasteiger partial charge on any atom is 0.191 e. The first-order valence-corrected chi connectivity index (χ1v) is 7.23. The molecule has 0 aliphatic heterocycles. The number of guanidine groups is 1. The van der Waals surface area contributed by atoms with Crippen molar-refractivity contribution < 1.29 is 4.42 Å². The first-order valence-electron chi connectivity index (χ1n) is 7.23. The van der Waals surface area contributed by atoms with E-state index in [1.54, 1.807) is 7.05 Å². The van der Waals surface area contributed by atoms with E-state index in [4.69, 9.17) is 4.42 Å². The molecule has 1 fully saturated rings. The Morgan fingerprint density at radius 3 is 2.73 bits per heavy atom. The van der Waals surface area contributed by atoms with Crippen LogP contribution in [0, 0.1) is 5.92 Å². The summed E-state index contributed by atoms with van der Waals surface area (Å²) in [5, 5.41) is 6.68. The summed E-state index contributed by atoms with van der Waals surface area (Å²) >= 11 is 0. The Labute approximate surface area is 147 Å². The number of nitrogens with zero attached hydrogens (tertiary/aromatic N) is 2. The number of rotatable bonds is 4. The predicted molar refractivity (Wildman–Crippen MR) is 98.3 cm³/mol. The fraction of sp³-hybridized carbons (Fsp3) is 0.375. The molecule has 0 saturated heterocycles. The second-order valence-electron chi connectivity index (χ2n) is 5.38. The van der Waals surface area contributed by atoms with Gasteiger partial charge >= 0.3 is 0 Å². The molecule has 0 amide bonds. The third-order valence-electron chi connectivity index (χ3n) is 3.76. The molecule has 2 aromatic rings. The van der Waals surface area contributed by atoms with Crippen molar-refractivity contribution in [1.29, 1.82) is 0 Å². The molecule has 3 rings (SSSR count). The van der Waals surface area contributed by atoms with Crippen LogP contribution in [-0.4, -0.2) is 24.0 Å². The monoisotopic (exact) mass is 412 g/mol. The summed E-state index contributed by atoms with van der Waals surface area (Å²) < 4.78 is 5.52. The molecular weight excluding hydrogens is 391 g/mol. The number of aliphatic imine (C=N–C) groups is 1. The Bertz CT molecular complexity index is 626. The average molecular weight is 412 g/mol. The molecule has 118 valence electrons. The van der Waals surface area contributed by atoms with Gasteiger partial charge in [0.25, 0.3) is 0 Å². The van der Waals surface area contributed by atoms with Gasteiger partial charge < -0.3 is 15.1 Å². The molecule has 6 heteroatoms. The summed E-state index contributed by atoms with van der Waals surface area (Å²) in [6.07, 6.45) is 2.69. The van der Waals surface area contributed by atoms with E-state index in [0.717, 1.165) is 28.9 Å². The quantitative estimate of drug-likeness (QED) is 0.461. The lowest BCUT2D eigenvalue weighted by molar-refractivity contribution is 0.570. The number of nitrogens with one attached hydrogen (secondary N) is 2. The summed E-state index contributed by atoms with van der Waals surface area (Å²) in [5.41, 5.74) is 1.92. The second-order valence-corrected chi connectivity index (χ2v) is 5.38. The van der Waals surface area contributed by atoms with Gasteiger partial charge in [0.15, 0.2) is 18.1 Å². The Morgan fingerprint density at radius 1 is 1.36 bits per heavy atom. The average Bonchev–Trinajstić information content (AvgIpc) is 3.02. The van der Waals surface area contributed by atoms with Gasteiger partial charge in [-0.2, -0.15) is 0 Å². The first kappa shape index (κ1) is 16.8. The zero-order chi connectivity index (χ0) is 14.7. The molecule has 1 aliphatic rings. The SMILES string of the molecule is CN=C(NCc1ncoc1-c1ccccc1)NC1CC1C.I. The molecule has 5 nitrogen and oxygen atoms in total. The van der Waals surface area contributed by atoms with Gasteiger partial charge in [0, 0.05) is 18.7 Å². The molecule has 2 unspecified atom stereocenters. The van der Waals surface area contributed by atoms with Crippen molar-refractivity contribution in [1.82, 2.24) is 15.6 Å². The van der Waals surface area contributed by atoms with Crippen LogP contribution in [0.4, 0.5) is 0 Å². The third-order valence-corrected chi connectivity index (χ3v) is 3.76. The molecule has 2 atom stereocenters. The molecule has 22 heavy (non-hydrogen) atoms. The number of hydrogen-bond acceptors (Lipinski definition) is 3. The van der Waals surface area contributed by atoms with Crippen LogP contribution in [0.5, 0.6) is 0 Å². The van der Waals surface area contributed by atoms with Gasteiger partial charge in [-0.25, -0.2) is 4.98 Å². The van der Waals surface area contributed by atoms with E-state index >= 15 is 0 Å². The van der Waals surface area contributed by atoms with Crippen molar-refractivity contribution in [2.45, 2.75) is 25.9 Å². The Balaban J connectivity index is 0.00000176. The molecule has 0 bridgehead atoms. The normalized spacial score (nSPS) is 20.2. The van der Waals surface area contributed by atoms with Gasteiger partial charge in [0.05, 0.1) is 6.54 Å². The molecule has 1 saturated carbocycles. The zero-order valence-corrected chi connectivity index (χ0v) is 15.1. The van der Waals surface area contributed by atoms with E-state index in [1.807, 2.05) is 30.3 Å². The summed E-state index contributed by atoms with van der Waals surface area (Å²) in [5.74, 6) is 2.35. The maximum atomic E-state index is 5.52. The Kier molecular flexibility index (Phi) is 5.82. The van der Waals surface area contributed by atoms with Gasteiger partial charge in [-0.3, -0.25) is 4.99 Å². The molecule has 0 radical (unpaired) electrons. The third kappa shape index (κ3) is 4.00. The second kappa shape index (κ2) is 7.62. The highest BCUT2D eigenvalue weighted by molar-refractivity contribution is 14.0. The fourth-order valence-corrected chi connectivity index (χ4v) is 2.28. The zero-order valence-electron chi connectivity index (χ0n) is 12.7. The molecule has 2 N–H and O–H groups in total. The van der Waals surface area contributed by atoms with Crippen molar-refractivity contribution in [2.75, 3.05) is 7.05 Å². The molecular formula is C16H21IN4O. The van der Waals surface area contributed by atoms with Gasteiger partial charge in [0.1, 0.15) is 5.69 Å². The van der Waals surface area contributed by atoms with Crippen LogP contribution in [0.1, 0.15) is 19.0 Å². The van der Waals surface area contributed by atoms with Gasteiger partial charge in [-0.1, -0.05) is 37.3 Å². The largest absolute Gasteiger partial charge is 0.443 e. The predicted octanol–water partition coefficient (Wildman–Crippen LogP) is 3.03. The Hall–Kier alpha value is -1.57. The highest BCUT2D eigenvalue weighted by atomic mass is 127. The number of hydrogen-bond donors (Lipinski definition) is 2. The number of halogens is 1. The van der Waals surface area contributed by atoms with Crippen LogP contribution in [-0.2, 0) is 6.54 Å². The van der Waals surface area contributed by atoms with Crippen LogP contribution in [0.15, 0.2) is 46.1 Å². The lowest BCUT2D eigenvalue weighted by Crippen LogP contribution is -2.38. The summed E-state index contributed by atoms with van der Waals surface area (Å²) in [7, 11) is 1.78. The highest BCUT2D eigenvalue weighted by Gasteiger charge is 2.33. The van der Waals surface area contributed by atoms with Crippen molar-refractivity contribution in [3.63, 3.8) is 0 Å². The number of oxazole rings is 1. The molecule has 1 heterocycles. The van der Waals surface area contributed by atoms with Crippen LogP contribution in [0.3, 0.4) is 0 Å². The van der Waals surface area contributed by atoms with E-state index in [1.165, 1.54) is 12.8 Å². The molecule has 1 aromatic carbocycles. The smallest absolute Gasteiger partial charge is 0.191 e. The van der Waals surface area contributed by atoms with E-state index in [0.29, 0.717) is 12.6 Å². The van der Waals surface area contributed by atoms with Crippen LogP contribution < -0.4 is 10.6 Å². The summed E-state index contributed by atoms with van der Waals surface area (Å²) in [4.78, 5) is 8.54. The fourth-order valence-electron chi connectivity index (χ4n) is 2.28. The molecule has 0 spiro atoms. The highest BCUT2D eigenvalue weighted by Crippen LogP contribution is 2.28. The van der Waals surface area contributed by atoms with Crippen molar-refractivity contribution in [3.8, 4) is 11.3 Å². The molecule has 1 aliphatic carbocycles. The van der Waals surface area contributed by atoms with Gasteiger partial charge in [-0.15, -0.1) is 24.0 Å². The van der Waals surface area contributed by atoms with E-state index < -0.39 is 0 Å². The maximum absolute atomic E-state index is 5.52. The number of aromatic nitrogens is 1. The Morgan fingerprint density at radius 2 is 2.09 bits per heavy atom. The van der Waals surface area contributed by atoms with E-state index in [-0.39, 0.29) is 24.0 Å². The standard InChI is InChI=1S/C16H20N4O.HI/c1-11-8-13(11)20-16(17-2)18-9-14-15(21-10-19-14)12-6-4-3-5-7-12;/h3-7,10-11,13H,8-9H2,1-2H3,(H2,17,18,20);1H. The van der Waals surface area contributed by atoms with Crippen LogP contribution >= 0.6 is 24.0 Å².